The van der Waals surface area contributed by atoms with Crippen LogP contribution in [0.25, 0.3) is 0 Å². The van der Waals surface area contributed by atoms with Crippen LogP contribution in [0.5, 0.6) is 0 Å². The first-order valence-corrected chi connectivity index (χ1v) is 6.46. The monoisotopic (exact) mass is 273 g/mol. The summed E-state index contributed by atoms with van der Waals surface area (Å²) in [4.78, 5) is 22.5. The van der Waals surface area contributed by atoms with Crippen molar-refractivity contribution in [1.29, 1.82) is 0 Å². The maximum absolute atomic E-state index is 11.8. The summed E-state index contributed by atoms with van der Waals surface area (Å²) in [7, 11) is 0. The summed E-state index contributed by atoms with van der Waals surface area (Å²) in [5.74, 6) is -1.40. The first kappa shape index (κ1) is 14.2. The molecule has 19 heavy (non-hydrogen) atoms. The van der Waals surface area contributed by atoms with Crippen molar-refractivity contribution in [3.63, 3.8) is 0 Å². The molecule has 2 fully saturated rings. The summed E-state index contributed by atoms with van der Waals surface area (Å²) in [5.41, 5.74) is -0.932. The third kappa shape index (κ3) is 3.65. The highest BCUT2D eigenvalue weighted by atomic mass is 16.5. The lowest BCUT2D eigenvalue weighted by molar-refractivity contribution is -0.152. The minimum Gasteiger partial charge on any atom is -0.479 e. The van der Waals surface area contributed by atoms with E-state index in [0.717, 1.165) is 0 Å². The predicted octanol–water partition coefficient (Wildman–Crippen LogP) is -0.724. The van der Waals surface area contributed by atoms with Crippen molar-refractivity contribution in [1.82, 2.24) is 5.32 Å². The number of aliphatic carboxylic acids is 1. The zero-order chi connectivity index (χ0) is 13.9. The maximum Gasteiger partial charge on any atom is 0.332 e. The van der Waals surface area contributed by atoms with E-state index in [9.17, 15) is 14.7 Å². The topological polar surface area (TPSA) is 105 Å². The fourth-order valence-corrected chi connectivity index (χ4v) is 2.31. The molecule has 2 aliphatic heterocycles. The Bertz CT molecular complexity index is 352. The van der Waals surface area contributed by atoms with Gasteiger partial charge < -0.3 is 25.0 Å². The molecular formula is C12H19NO6. The minimum atomic E-state index is -1.04. The first-order valence-electron chi connectivity index (χ1n) is 6.46. The quantitative estimate of drug-likeness (QED) is 0.624. The normalized spacial score (nSPS) is 29.9. The van der Waals surface area contributed by atoms with Gasteiger partial charge in [-0.3, -0.25) is 4.79 Å². The van der Waals surface area contributed by atoms with Gasteiger partial charge in [0.15, 0.2) is 6.10 Å². The Morgan fingerprint density at radius 1 is 1.21 bits per heavy atom. The summed E-state index contributed by atoms with van der Waals surface area (Å²) < 4.78 is 10.3. The summed E-state index contributed by atoms with van der Waals surface area (Å²) in [6, 6.07) is 0. The molecule has 7 heteroatoms. The summed E-state index contributed by atoms with van der Waals surface area (Å²) in [5, 5.41) is 21.6. The van der Waals surface area contributed by atoms with E-state index >= 15 is 0 Å². The maximum atomic E-state index is 11.8. The second-order valence-electron chi connectivity index (χ2n) is 5.08. The molecule has 1 amide bonds. The van der Waals surface area contributed by atoms with Crippen molar-refractivity contribution in [2.24, 2.45) is 0 Å². The highest BCUT2D eigenvalue weighted by Gasteiger charge is 2.36. The van der Waals surface area contributed by atoms with Crippen LogP contribution in [-0.4, -0.2) is 59.7 Å². The molecule has 2 heterocycles. The second-order valence-corrected chi connectivity index (χ2v) is 5.08. The van der Waals surface area contributed by atoms with Gasteiger partial charge in [-0.15, -0.1) is 0 Å². The van der Waals surface area contributed by atoms with Crippen LogP contribution < -0.4 is 5.32 Å². The molecule has 0 bridgehead atoms. The van der Waals surface area contributed by atoms with Crippen molar-refractivity contribution in [2.45, 2.75) is 43.5 Å². The van der Waals surface area contributed by atoms with Crippen molar-refractivity contribution in [2.75, 3.05) is 19.8 Å². The van der Waals surface area contributed by atoms with Crippen LogP contribution in [0.2, 0.25) is 0 Å². The molecular weight excluding hydrogens is 254 g/mol. The zero-order valence-electron chi connectivity index (χ0n) is 10.6. The molecule has 0 radical (unpaired) electrons. The number of hydrogen-bond donors (Lipinski definition) is 3. The number of carboxylic acid groups (broad SMARTS) is 1. The molecule has 0 aromatic rings. The molecule has 2 atom stereocenters. The number of carbonyl (C=O) groups is 2. The molecule has 0 saturated carbocycles. The Balaban J connectivity index is 1.77. The number of rotatable bonds is 4. The van der Waals surface area contributed by atoms with Crippen molar-refractivity contribution < 1.29 is 29.3 Å². The number of hydrogen-bond acceptors (Lipinski definition) is 5. The zero-order valence-corrected chi connectivity index (χ0v) is 10.6. The van der Waals surface area contributed by atoms with Crippen molar-refractivity contribution in [3.8, 4) is 0 Å². The van der Waals surface area contributed by atoms with Crippen LogP contribution in [0.3, 0.4) is 0 Å². The van der Waals surface area contributed by atoms with Gasteiger partial charge in [-0.2, -0.15) is 0 Å². The van der Waals surface area contributed by atoms with Crippen LogP contribution in [0.4, 0.5) is 0 Å². The van der Waals surface area contributed by atoms with Crippen LogP contribution >= 0.6 is 0 Å². The lowest BCUT2D eigenvalue weighted by atomic mass is 9.94. The Morgan fingerprint density at radius 2 is 1.84 bits per heavy atom. The number of carboxylic acids is 1. The number of ether oxygens (including phenoxy) is 2. The van der Waals surface area contributed by atoms with Gasteiger partial charge in [-0.1, -0.05) is 0 Å². The summed E-state index contributed by atoms with van der Waals surface area (Å²) in [6.07, 6.45) is 0.0645. The van der Waals surface area contributed by atoms with Crippen LogP contribution in [0, 0.1) is 0 Å². The Morgan fingerprint density at radius 3 is 2.42 bits per heavy atom. The largest absolute Gasteiger partial charge is 0.479 e. The third-order valence-electron chi connectivity index (χ3n) is 3.60. The first-order chi connectivity index (χ1) is 9.00. The fourth-order valence-electron chi connectivity index (χ4n) is 2.31. The van der Waals surface area contributed by atoms with E-state index in [1.165, 1.54) is 0 Å². The summed E-state index contributed by atoms with van der Waals surface area (Å²) in [6.45, 7) is 1.10. The van der Waals surface area contributed by atoms with E-state index in [1.807, 2.05) is 0 Å². The fraction of sp³-hybridized carbons (Fsp3) is 0.833. The lowest BCUT2D eigenvalue weighted by Gasteiger charge is -2.32. The molecule has 2 unspecified atom stereocenters. The molecule has 7 nitrogen and oxygen atoms in total. The molecule has 0 aromatic carbocycles. The number of carbonyl (C=O) groups excluding carboxylic acids is 1. The molecule has 2 saturated heterocycles. The van der Waals surface area contributed by atoms with E-state index in [4.69, 9.17) is 14.6 Å². The minimum absolute atomic E-state index is 0.146. The van der Waals surface area contributed by atoms with Gasteiger partial charge in [0.05, 0.1) is 5.60 Å². The van der Waals surface area contributed by atoms with Gasteiger partial charge in [-0.05, 0) is 12.8 Å². The molecule has 2 rings (SSSR count). The highest BCUT2D eigenvalue weighted by molar-refractivity contribution is 5.82. The molecule has 0 spiro atoms. The van der Waals surface area contributed by atoms with Crippen molar-refractivity contribution >= 4 is 11.9 Å². The van der Waals surface area contributed by atoms with Gasteiger partial charge in [0, 0.05) is 32.6 Å². The molecule has 0 aromatic heterocycles. The van der Waals surface area contributed by atoms with E-state index < -0.39 is 23.8 Å². The van der Waals surface area contributed by atoms with E-state index in [1.54, 1.807) is 0 Å². The van der Waals surface area contributed by atoms with E-state index in [2.05, 4.69) is 5.32 Å². The lowest BCUT2D eigenvalue weighted by Crippen LogP contribution is -2.48. The molecule has 108 valence electrons. The number of amides is 1. The molecule has 3 N–H and O–H groups in total. The molecule has 2 aliphatic rings. The van der Waals surface area contributed by atoms with E-state index in [-0.39, 0.29) is 12.5 Å². The third-order valence-corrected chi connectivity index (χ3v) is 3.60. The average Bonchev–Trinajstić information content (AvgIpc) is 2.87. The van der Waals surface area contributed by atoms with Gasteiger partial charge in [0.25, 0.3) is 0 Å². The molecule has 0 aliphatic carbocycles. The predicted molar refractivity (Wildman–Crippen MR) is 63.5 cm³/mol. The van der Waals surface area contributed by atoms with E-state index in [0.29, 0.717) is 38.9 Å². The summed E-state index contributed by atoms with van der Waals surface area (Å²) >= 11 is 0. The van der Waals surface area contributed by atoms with Gasteiger partial charge >= 0.3 is 5.97 Å². The van der Waals surface area contributed by atoms with Gasteiger partial charge in [0.1, 0.15) is 6.10 Å². The number of aliphatic hydroxyl groups is 1. The highest BCUT2D eigenvalue weighted by Crippen LogP contribution is 2.22. The van der Waals surface area contributed by atoms with Gasteiger partial charge in [-0.25, -0.2) is 4.79 Å². The Labute approximate surface area is 110 Å². The smallest absolute Gasteiger partial charge is 0.332 e. The van der Waals surface area contributed by atoms with Gasteiger partial charge in [0.2, 0.25) is 5.91 Å². The Hall–Kier alpha value is -1.18. The van der Waals surface area contributed by atoms with Crippen LogP contribution in [0.1, 0.15) is 25.7 Å². The standard InChI is InChI=1S/C12H19NO6/c14-10(8-1-2-9(19-8)11(15)16)13-7-12(17)3-5-18-6-4-12/h8-9,17H,1-7H2,(H,13,14)(H,15,16). The average molecular weight is 273 g/mol. The second kappa shape index (κ2) is 5.85. The van der Waals surface area contributed by atoms with Crippen LogP contribution in [0.15, 0.2) is 0 Å². The SMILES string of the molecule is O=C(O)C1CCC(C(=O)NCC2(O)CCOCC2)O1. The van der Waals surface area contributed by atoms with Crippen LogP contribution in [-0.2, 0) is 19.1 Å². The number of nitrogens with one attached hydrogen (secondary N) is 1. The Kier molecular flexibility index (Phi) is 4.38. The van der Waals surface area contributed by atoms with Crippen molar-refractivity contribution in [3.05, 3.63) is 0 Å².